The molecule has 0 saturated carbocycles. The SMILES string of the molecule is C[C@@H](c1ccccc1)c1nnc(NC(=O)Nc2ccc(F)c(C(F)(F)F)c2)s1. The van der Waals surface area contributed by atoms with Crippen molar-refractivity contribution in [1.29, 1.82) is 0 Å². The van der Waals surface area contributed by atoms with Crippen molar-refractivity contribution in [3.05, 3.63) is 70.5 Å². The van der Waals surface area contributed by atoms with Gasteiger partial charge in [-0.25, -0.2) is 9.18 Å². The van der Waals surface area contributed by atoms with Crippen molar-refractivity contribution in [2.24, 2.45) is 0 Å². The molecule has 0 saturated heterocycles. The topological polar surface area (TPSA) is 66.9 Å². The molecular weight excluding hydrogens is 396 g/mol. The summed E-state index contributed by atoms with van der Waals surface area (Å²) in [4.78, 5) is 12.0. The van der Waals surface area contributed by atoms with Gasteiger partial charge in [-0.15, -0.1) is 10.2 Å². The Kier molecular flexibility index (Phi) is 5.59. The standard InChI is InChI=1S/C18H14F4N4OS/c1-10(11-5-3-2-4-6-11)15-25-26-17(28-15)24-16(27)23-12-7-8-14(19)13(9-12)18(20,21)22/h2-10H,1H3,(H2,23,24,26,27)/t10-/m0/s1. The van der Waals surface area contributed by atoms with Crippen LogP contribution in [-0.4, -0.2) is 16.2 Å². The van der Waals surface area contributed by atoms with Gasteiger partial charge in [-0.1, -0.05) is 48.6 Å². The minimum atomic E-state index is -4.86. The second kappa shape index (κ2) is 7.93. The van der Waals surface area contributed by atoms with E-state index in [0.717, 1.165) is 23.0 Å². The van der Waals surface area contributed by atoms with Crippen LogP contribution in [0, 0.1) is 5.82 Å². The fourth-order valence-electron chi connectivity index (χ4n) is 2.42. The summed E-state index contributed by atoms with van der Waals surface area (Å²) in [7, 11) is 0. The average molecular weight is 410 g/mol. The van der Waals surface area contributed by atoms with Crippen molar-refractivity contribution in [3.8, 4) is 0 Å². The summed E-state index contributed by atoms with van der Waals surface area (Å²) in [6, 6.07) is 11.0. The molecule has 3 rings (SSSR count). The minimum absolute atomic E-state index is 0.0382. The van der Waals surface area contributed by atoms with Gasteiger partial charge in [0.15, 0.2) is 0 Å². The van der Waals surface area contributed by atoms with E-state index in [1.54, 1.807) is 0 Å². The Hall–Kier alpha value is -3.01. The number of urea groups is 1. The van der Waals surface area contributed by atoms with Crippen LogP contribution in [0.1, 0.15) is 29.0 Å². The molecule has 1 aromatic heterocycles. The molecule has 28 heavy (non-hydrogen) atoms. The molecule has 0 aliphatic rings. The van der Waals surface area contributed by atoms with Crippen molar-refractivity contribution in [1.82, 2.24) is 10.2 Å². The number of alkyl halides is 3. The second-order valence-electron chi connectivity index (χ2n) is 5.85. The van der Waals surface area contributed by atoms with E-state index in [0.29, 0.717) is 17.1 Å². The van der Waals surface area contributed by atoms with Crippen LogP contribution in [0.5, 0.6) is 0 Å². The summed E-state index contributed by atoms with van der Waals surface area (Å²) in [6.45, 7) is 1.94. The number of carbonyl (C=O) groups excluding carboxylic acids is 1. The van der Waals surface area contributed by atoms with E-state index in [4.69, 9.17) is 0 Å². The number of nitrogens with one attached hydrogen (secondary N) is 2. The number of hydrogen-bond donors (Lipinski definition) is 2. The van der Waals surface area contributed by atoms with E-state index in [1.807, 2.05) is 37.3 Å². The van der Waals surface area contributed by atoms with Crippen LogP contribution in [0.15, 0.2) is 48.5 Å². The molecule has 146 valence electrons. The molecule has 0 radical (unpaired) electrons. The third kappa shape index (κ3) is 4.63. The zero-order chi connectivity index (χ0) is 20.3. The van der Waals surface area contributed by atoms with Gasteiger partial charge in [-0.2, -0.15) is 13.2 Å². The van der Waals surface area contributed by atoms with Gasteiger partial charge in [-0.05, 0) is 23.8 Å². The van der Waals surface area contributed by atoms with Crippen LogP contribution in [0.2, 0.25) is 0 Å². The molecule has 2 N–H and O–H groups in total. The van der Waals surface area contributed by atoms with Gasteiger partial charge in [0.1, 0.15) is 10.8 Å². The molecule has 1 atom stereocenters. The lowest BCUT2D eigenvalue weighted by molar-refractivity contribution is -0.139. The van der Waals surface area contributed by atoms with E-state index in [1.165, 1.54) is 0 Å². The molecule has 10 heteroatoms. The van der Waals surface area contributed by atoms with E-state index < -0.39 is 23.6 Å². The van der Waals surface area contributed by atoms with Crippen molar-refractivity contribution in [3.63, 3.8) is 0 Å². The van der Waals surface area contributed by atoms with Gasteiger partial charge in [0, 0.05) is 11.6 Å². The first-order valence-electron chi connectivity index (χ1n) is 8.07. The lowest BCUT2D eigenvalue weighted by Crippen LogP contribution is -2.20. The second-order valence-corrected chi connectivity index (χ2v) is 6.86. The predicted octanol–water partition coefficient (Wildman–Crippen LogP) is 5.49. The summed E-state index contributed by atoms with van der Waals surface area (Å²) in [6.07, 6.45) is -4.86. The summed E-state index contributed by atoms with van der Waals surface area (Å²) in [5.74, 6) is -1.45. The van der Waals surface area contributed by atoms with Crippen LogP contribution in [0.3, 0.4) is 0 Å². The fourth-order valence-corrected chi connectivity index (χ4v) is 3.24. The van der Waals surface area contributed by atoms with Crippen molar-refractivity contribution < 1.29 is 22.4 Å². The minimum Gasteiger partial charge on any atom is -0.308 e. The average Bonchev–Trinajstić information content (AvgIpc) is 3.10. The smallest absolute Gasteiger partial charge is 0.308 e. The van der Waals surface area contributed by atoms with Crippen molar-refractivity contribution in [2.45, 2.75) is 19.0 Å². The number of hydrogen-bond acceptors (Lipinski definition) is 4. The first-order chi connectivity index (χ1) is 13.2. The third-order valence-corrected chi connectivity index (χ3v) is 4.88. The van der Waals surface area contributed by atoms with Gasteiger partial charge in [0.2, 0.25) is 5.13 Å². The molecule has 0 fully saturated rings. The lowest BCUT2D eigenvalue weighted by Gasteiger charge is -2.11. The molecule has 0 aliphatic carbocycles. The lowest BCUT2D eigenvalue weighted by atomic mass is 10.0. The van der Waals surface area contributed by atoms with Gasteiger partial charge in [0.25, 0.3) is 0 Å². The first-order valence-corrected chi connectivity index (χ1v) is 8.89. The van der Waals surface area contributed by atoms with Crippen LogP contribution in [0.4, 0.5) is 33.2 Å². The maximum Gasteiger partial charge on any atom is 0.419 e. The highest BCUT2D eigenvalue weighted by Gasteiger charge is 2.34. The number of amides is 2. The molecular formula is C18H14F4N4OS. The highest BCUT2D eigenvalue weighted by atomic mass is 32.1. The van der Waals surface area contributed by atoms with Crippen LogP contribution in [-0.2, 0) is 6.18 Å². The van der Waals surface area contributed by atoms with E-state index in [2.05, 4.69) is 20.8 Å². The molecule has 0 unspecified atom stereocenters. The number of nitrogens with zero attached hydrogens (tertiary/aromatic N) is 2. The quantitative estimate of drug-likeness (QED) is 0.559. The van der Waals surface area contributed by atoms with E-state index in [-0.39, 0.29) is 16.7 Å². The highest BCUT2D eigenvalue weighted by Crippen LogP contribution is 2.33. The van der Waals surface area contributed by atoms with E-state index in [9.17, 15) is 22.4 Å². The monoisotopic (exact) mass is 410 g/mol. The van der Waals surface area contributed by atoms with Crippen molar-refractivity contribution >= 4 is 28.2 Å². The van der Waals surface area contributed by atoms with Gasteiger partial charge < -0.3 is 5.32 Å². The zero-order valence-electron chi connectivity index (χ0n) is 14.4. The van der Waals surface area contributed by atoms with E-state index >= 15 is 0 Å². The number of benzene rings is 2. The largest absolute Gasteiger partial charge is 0.419 e. The Bertz CT molecular complexity index is 975. The molecule has 5 nitrogen and oxygen atoms in total. The maximum absolute atomic E-state index is 13.3. The van der Waals surface area contributed by atoms with Gasteiger partial charge >= 0.3 is 12.2 Å². The molecule has 0 spiro atoms. The Morgan fingerprint density at radius 3 is 2.46 bits per heavy atom. The summed E-state index contributed by atoms with van der Waals surface area (Å²) < 4.78 is 51.5. The third-order valence-electron chi connectivity index (χ3n) is 3.86. The van der Waals surface area contributed by atoms with Crippen molar-refractivity contribution in [2.75, 3.05) is 10.6 Å². The summed E-state index contributed by atoms with van der Waals surface area (Å²) in [5, 5.41) is 13.4. The molecule has 0 bridgehead atoms. The number of aromatic nitrogens is 2. The summed E-state index contributed by atoms with van der Waals surface area (Å²) in [5.41, 5.74) is -0.630. The summed E-state index contributed by atoms with van der Waals surface area (Å²) >= 11 is 1.15. The van der Waals surface area contributed by atoms with Gasteiger partial charge in [0.05, 0.1) is 5.56 Å². The predicted molar refractivity (Wildman–Crippen MR) is 97.9 cm³/mol. The molecule has 2 aromatic carbocycles. The Morgan fingerprint density at radius 2 is 1.79 bits per heavy atom. The fraction of sp³-hybridized carbons (Fsp3) is 0.167. The van der Waals surface area contributed by atoms with Crippen LogP contribution in [0.25, 0.3) is 0 Å². The first kappa shape index (κ1) is 19.7. The number of rotatable bonds is 4. The molecule has 2 amide bonds. The molecule has 3 aromatic rings. The van der Waals surface area contributed by atoms with Crippen LogP contribution < -0.4 is 10.6 Å². The molecule has 0 aliphatic heterocycles. The Morgan fingerprint density at radius 1 is 1.07 bits per heavy atom. The Balaban J connectivity index is 1.67. The normalized spacial score (nSPS) is 12.5. The maximum atomic E-state index is 13.3. The molecule has 1 heterocycles. The number of halogens is 4. The zero-order valence-corrected chi connectivity index (χ0v) is 15.2. The number of anilines is 2. The Labute approximate surface area is 161 Å². The highest BCUT2D eigenvalue weighted by molar-refractivity contribution is 7.15. The van der Waals surface area contributed by atoms with Crippen LogP contribution >= 0.6 is 11.3 Å². The van der Waals surface area contributed by atoms with Gasteiger partial charge in [-0.3, -0.25) is 5.32 Å². The number of carbonyl (C=O) groups is 1.